The number of ether oxygens (including phenoxy) is 1. The van der Waals surface area contributed by atoms with Gasteiger partial charge in [-0.1, -0.05) is 47.5 Å². The van der Waals surface area contributed by atoms with E-state index in [4.69, 9.17) is 16.3 Å². The first kappa shape index (κ1) is 23.4. The third-order valence-electron chi connectivity index (χ3n) is 4.39. The summed E-state index contributed by atoms with van der Waals surface area (Å²) in [5.74, 6) is -1.57. The lowest BCUT2D eigenvalue weighted by Crippen LogP contribution is -2.17. The number of hydrogen-bond donors (Lipinski definition) is 1. The number of hydrazone groups is 1. The van der Waals surface area contributed by atoms with Crippen LogP contribution in [0.5, 0.6) is 5.75 Å². The van der Waals surface area contributed by atoms with Crippen molar-refractivity contribution in [1.82, 2.24) is 5.43 Å². The quantitative estimate of drug-likeness (QED) is 0.133. The van der Waals surface area contributed by atoms with Gasteiger partial charge in [0.05, 0.1) is 11.1 Å². The minimum absolute atomic E-state index is 0.140. The molecule has 33 heavy (non-hydrogen) atoms. The van der Waals surface area contributed by atoms with Gasteiger partial charge in [0.1, 0.15) is 0 Å². The van der Waals surface area contributed by atoms with Crippen LogP contribution in [0.25, 0.3) is 6.08 Å². The fourth-order valence-electron chi connectivity index (χ4n) is 2.70. The first-order valence-corrected chi connectivity index (χ1v) is 10.0. The van der Waals surface area contributed by atoms with Crippen molar-refractivity contribution >= 4 is 41.5 Å². The Morgan fingerprint density at radius 2 is 1.76 bits per heavy atom. The maximum absolute atomic E-state index is 12.3. The van der Waals surface area contributed by atoms with Gasteiger partial charge in [-0.3, -0.25) is 14.9 Å². The van der Waals surface area contributed by atoms with Gasteiger partial charge in [0.2, 0.25) is 5.75 Å². The Balaban J connectivity index is 1.77. The van der Waals surface area contributed by atoms with E-state index >= 15 is 0 Å². The van der Waals surface area contributed by atoms with Crippen LogP contribution in [0.3, 0.4) is 0 Å². The van der Waals surface area contributed by atoms with Crippen LogP contribution in [0.4, 0.5) is 5.69 Å². The number of rotatable bonds is 7. The largest absolute Gasteiger partial charge is 0.415 e. The minimum atomic E-state index is -0.822. The Morgan fingerprint density at radius 1 is 1.06 bits per heavy atom. The molecule has 0 unspecified atom stereocenters. The van der Waals surface area contributed by atoms with Crippen LogP contribution < -0.4 is 10.2 Å². The molecule has 0 aliphatic heterocycles. The second-order valence-electron chi connectivity index (χ2n) is 6.82. The van der Waals surface area contributed by atoms with Crippen LogP contribution in [-0.2, 0) is 4.79 Å². The van der Waals surface area contributed by atoms with Crippen molar-refractivity contribution in [3.63, 3.8) is 0 Å². The van der Waals surface area contributed by atoms with Crippen molar-refractivity contribution in [2.45, 2.75) is 6.92 Å². The van der Waals surface area contributed by atoms with Crippen LogP contribution in [0, 0.1) is 17.0 Å². The number of hydrogen-bond acceptors (Lipinski definition) is 6. The van der Waals surface area contributed by atoms with Crippen molar-refractivity contribution in [2.75, 3.05) is 0 Å². The minimum Gasteiger partial charge on any atom is -0.415 e. The lowest BCUT2D eigenvalue weighted by molar-refractivity contribution is -0.385. The maximum Gasteiger partial charge on any atom is 0.336 e. The third kappa shape index (κ3) is 6.59. The van der Waals surface area contributed by atoms with Gasteiger partial charge in [0.25, 0.3) is 5.91 Å². The molecular weight excluding hydrogens is 446 g/mol. The molecule has 3 rings (SSSR count). The summed E-state index contributed by atoms with van der Waals surface area (Å²) in [4.78, 5) is 35.2. The van der Waals surface area contributed by atoms with E-state index in [1.807, 2.05) is 6.92 Å². The van der Waals surface area contributed by atoms with Crippen molar-refractivity contribution < 1.29 is 19.2 Å². The molecule has 0 atom stereocenters. The average Bonchev–Trinajstić information content (AvgIpc) is 2.79. The predicted octanol–water partition coefficient (Wildman–Crippen LogP) is 4.94. The Hall–Kier alpha value is -4.30. The van der Waals surface area contributed by atoms with E-state index in [0.717, 1.165) is 11.6 Å². The number of amides is 1. The molecule has 0 radical (unpaired) electrons. The fourth-order valence-corrected chi connectivity index (χ4v) is 2.83. The van der Waals surface area contributed by atoms with E-state index in [9.17, 15) is 19.7 Å². The normalized spacial score (nSPS) is 11.0. The Bertz CT molecular complexity index is 1240. The van der Waals surface area contributed by atoms with Gasteiger partial charge in [-0.25, -0.2) is 10.2 Å². The summed E-state index contributed by atoms with van der Waals surface area (Å²) >= 11 is 5.83. The van der Waals surface area contributed by atoms with E-state index in [0.29, 0.717) is 16.1 Å². The van der Waals surface area contributed by atoms with Gasteiger partial charge >= 0.3 is 11.7 Å². The molecule has 0 spiro atoms. The number of benzene rings is 3. The number of carbonyl (C=O) groups excluding carboxylic acids is 2. The third-order valence-corrected chi connectivity index (χ3v) is 4.64. The van der Waals surface area contributed by atoms with Crippen molar-refractivity contribution in [1.29, 1.82) is 0 Å². The summed E-state index contributed by atoms with van der Waals surface area (Å²) in [5, 5.41) is 15.8. The molecule has 166 valence electrons. The molecule has 0 saturated carbocycles. The van der Waals surface area contributed by atoms with Gasteiger partial charge < -0.3 is 4.74 Å². The highest BCUT2D eigenvalue weighted by Gasteiger charge is 2.20. The van der Waals surface area contributed by atoms with Gasteiger partial charge in [-0.05, 0) is 48.9 Å². The molecule has 0 bridgehead atoms. The zero-order valence-corrected chi connectivity index (χ0v) is 18.2. The van der Waals surface area contributed by atoms with Gasteiger partial charge in [0.15, 0.2) is 0 Å². The first-order valence-electron chi connectivity index (χ1n) is 9.66. The highest BCUT2D eigenvalue weighted by Crippen LogP contribution is 2.30. The summed E-state index contributed by atoms with van der Waals surface area (Å²) in [6, 6.07) is 17.7. The lowest BCUT2D eigenvalue weighted by atomic mass is 10.1. The monoisotopic (exact) mass is 463 g/mol. The van der Waals surface area contributed by atoms with Crippen molar-refractivity contribution in [3.8, 4) is 5.75 Å². The molecule has 3 aromatic rings. The van der Waals surface area contributed by atoms with Gasteiger partial charge in [-0.15, -0.1) is 0 Å². The predicted molar refractivity (Wildman–Crippen MR) is 125 cm³/mol. The Kier molecular flexibility index (Phi) is 7.67. The van der Waals surface area contributed by atoms with Crippen LogP contribution in [0.1, 0.15) is 27.0 Å². The summed E-state index contributed by atoms with van der Waals surface area (Å²) in [6.07, 6.45) is 3.80. The van der Waals surface area contributed by atoms with E-state index < -0.39 is 22.5 Å². The van der Waals surface area contributed by atoms with E-state index in [1.165, 1.54) is 30.5 Å². The molecule has 0 fully saturated rings. The highest BCUT2D eigenvalue weighted by atomic mass is 35.5. The van der Waals surface area contributed by atoms with Crippen LogP contribution in [0.15, 0.2) is 77.9 Å². The highest BCUT2D eigenvalue weighted by molar-refractivity contribution is 6.30. The van der Waals surface area contributed by atoms with Crippen LogP contribution in [0.2, 0.25) is 5.02 Å². The Labute approximate surface area is 194 Å². The lowest BCUT2D eigenvalue weighted by Gasteiger charge is -2.06. The summed E-state index contributed by atoms with van der Waals surface area (Å²) in [5.41, 5.74) is 4.16. The summed E-state index contributed by atoms with van der Waals surface area (Å²) in [7, 11) is 0. The molecule has 8 nitrogen and oxygen atoms in total. The van der Waals surface area contributed by atoms with Crippen LogP contribution >= 0.6 is 11.6 Å². The number of carbonyl (C=O) groups is 2. The van der Waals surface area contributed by atoms with E-state index in [1.54, 1.807) is 48.5 Å². The Morgan fingerprint density at radius 3 is 2.42 bits per heavy atom. The number of nitro groups is 1. The standard InChI is InChI=1S/C24H18ClN3O5/c1-16-5-10-18(11-6-16)24(30)27-26-15-19-3-2-4-21(28(31)32)23(19)33-22(29)14-9-17-7-12-20(25)13-8-17/h2-15H,1H3,(H,27,30)/b14-9+,26-15+. The second kappa shape index (κ2) is 10.8. The molecule has 0 aliphatic rings. The molecule has 0 heterocycles. The smallest absolute Gasteiger partial charge is 0.336 e. The van der Waals surface area contributed by atoms with E-state index in [2.05, 4.69) is 10.5 Å². The molecule has 0 saturated heterocycles. The second-order valence-corrected chi connectivity index (χ2v) is 7.26. The number of halogens is 1. The SMILES string of the molecule is Cc1ccc(C(=O)N/N=C/c2cccc([N+](=O)[O-])c2OC(=O)/C=C/c2ccc(Cl)cc2)cc1. The van der Waals surface area contributed by atoms with Crippen LogP contribution in [-0.4, -0.2) is 23.0 Å². The molecule has 0 aliphatic carbocycles. The number of nitrogens with one attached hydrogen (secondary N) is 1. The van der Waals surface area contributed by atoms with Gasteiger partial charge in [-0.2, -0.15) is 5.10 Å². The zero-order chi connectivity index (χ0) is 23.8. The molecule has 1 N–H and O–H groups in total. The summed E-state index contributed by atoms with van der Waals surface area (Å²) in [6.45, 7) is 1.90. The molecule has 9 heteroatoms. The number of para-hydroxylation sites is 1. The molecular formula is C24H18ClN3O5. The van der Waals surface area contributed by atoms with Gasteiger partial charge in [0, 0.05) is 28.3 Å². The number of nitro benzene ring substituents is 1. The van der Waals surface area contributed by atoms with Crippen molar-refractivity contribution in [2.24, 2.45) is 5.10 Å². The number of nitrogens with zero attached hydrogens (tertiary/aromatic N) is 2. The molecule has 0 aromatic heterocycles. The topological polar surface area (TPSA) is 111 Å². The number of aryl methyl sites for hydroxylation is 1. The maximum atomic E-state index is 12.3. The summed E-state index contributed by atoms with van der Waals surface area (Å²) < 4.78 is 5.24. The fraction of sp³-hybridized carbons (Fsp3) is 0.0417. The molecule has 3 aromatic carbocycles. The van der Waals surface area contributed by atoms with Crippen molar-refractivity contribution in [3.05, 3.63) is 110 Å². The first-order chi connectivity index (χ1) is 15.8. The average molecular weight is 464 g/mol. The van der Waals surface area contributed by atoms with E-state index in [-0.39, 0.29) is 11.3 Å². The zero-order valence-electron chi connectivity index (χ0n) is 17.4. The molecule has 1 amide bonds. The number of esters is 1.